The van der Waals surface area contributed by atoms with Gasteiger partial charge in [0.25, 0.3) is 0 Å². The molecule has 1 unspecified atom stereocenters. The van der Waals surface area contributed by atoms with Crippen molar-refractivity contribution in [1.29, 1.82) is 0 Å². The third-order valence-corrected chi connectivity index (χ3v) is 2.23. The molecule has 0 saturated carbocycles. The van der Waals surface area contributed by atoms with Crippen molar-refractivity contribution in [3.8, 4) is 12.3 Å². The Morgan fingerprint density at radius 1 is 1.69 bits per heavy atom. The summed E-state index contributed by atoms with van der Waals surface area (Å²) in [4.78, 5) is 11.6. The second kappa shape index (κ2) is 5.36. The largest absolute Gasteiger partial charge is 0.351 e. The van der Waals surface area contributed by atoms with E-state index in [1.165, 1.54) is 0 Å². The molecule has 0 bridgehead atoms. The summed E-state index contributed by atoms with van der Waals surface area (Å²) >= 11 is 0. The van der Waals surface area contributed by atoms with Crippen molar-refractivity contribution in [2.24, 2.45) is 0 Å². The number of hydrogen-bond acceptors (Lipinski definition) is 2. The van der Waals surface area contributed by atoms with Crippen LogP contribution in [0.25, 0.3) is 0 Å². The van der Waals surface area contributed by atoms with Crippen molar-refractivity contribution in [2.75, 3.05) is 0 Å². The zero-order chi connectivity index (χ0) is 12.1. The molecular formula is C12H17N3O. The number of terminal acetylenes is 1. The van der Waals surface area contributed by atoms with Crippen LogP contribution in [0.15, 0.2) is 6.07 Å². The summed E-state index contributed by atoms with van der Waals surface area (Å²) in [6, 6.07) is 1.95. The molecule has 0 aliphatic carbocycles. The molecule has 0 aromatic carbocycles. The summed E-state index contributed by atoms with van der Waals surface area (Å²) < 4.78 is 1.69. The first-order valence-electron chi connectivity index (χ1n) is 5.26. The maximum Gasteiger partial charge on any atom is 0.241 e. The van der Waals surface area contributed by atoms with E-state index in [1.54, 1.807) is 4.68 Å². The average Bonchev–Trinajstić information content (AvgIpc) is 2.44. The lowest BCUT2D eigenvalue weighted by Crippen LogP contribution is -2.35. The second-order valence-corrected chi connectivity index (χ2v) is 3.96. The molecular weight excluding hydrogens is 202 g/mol. The quantitative estimate of drug-likeness (QED) is 0.769. The molecule has 1 aromatic heterocycles. The summed E-state index contributed by atoms with van der Waals surface area (Å²) in [7, 11) is 0. The van der Waals surface area contributed by atoms with E-state index in [-0.39, 0.29) is 18.5 Å². The van der Waals surface area contributed by atoms with Crippen molar-refractivity contribution < 1.29 is 4.79 Å². The average molecular weight is 219 g/mol. The Bertz CT molecular complexity index is 414. The van der Waals surface area contributed by atoms with Crippen molar-refractivity contribution in [3.63, 3.8) is 0 Å². The highest BCUT2D eigenvalue weighted by atomic mass is 16.2. The van der Waals surface area contributed by atoms with E-state index in [9.17, 15) is 4.79 Å². The zero-order valence-electron chi connectivity index (χ0n) is 9.95. The Kier molecular flexibility index (Phi) is 4.12. The molecule has 0 fully saturated rings. The summed E-state index contributed by atoms with van der Waals surface area (Å²) in [5.41, 5.74) is 1.90. The molecule has 1 rings (SSSR count). The van der Waals surface area contributed by atoms with Gasteiger partial charge in [0.2, 0.25) is 5.91 Å². The van der Waals surface area contributed by atoms with Crippen LogP contribution in [0.5, 0.6) is 0 Å². The van der Waals surface area contributed by atoms with E-state index < -0.39 is 0 Å². The number of nitrogens with zero attached hydrogens (tertiary/aromatic N) is 2. The molecule has 0 aliphatic heterocycles. The molecule has 1 heterocycles. The fraction of sp³-hybridized carbons (Fsp3) is 0.500. The van der Waals surface area contributed by atoms with Gasteiger partial charge in [0, 0.05) is 18.2 Å². The van der Waals surface area contributed by atoms with Crippen LogP contribution in [0.3, 0.4) is 0 Å². The van der Waals surface area contributed by atoms with Gasteiger partial charge in [-0.2, -0.15) is 5.10 Å². The smallest absolute Gasteiger partial charge is 0.241 e. The summed E-state index contributed by atoms with van der Waals surface area (Å²) in [5, 5.41) is 7.04. The summed E-state index contributed by atoms with van der Waals surface area (Å²) in [6.45, 7) is 5.97. The molecule has 16 heavy (non-hydrogen) atoms. The van der Waals surface area contributed by atoms with Crippen LogP contribution in [-0.2, 0) is 11.3 Å². The zero-order valence-corrected chi connectivity index (χ0v) is 9.95. The lowest BCUT2D eigenvalue weighted by Gasteiger charge is -2.11. The van der Waals surface area contributed by atoms with Crippen LogP contribution in [0.4, 0.5) is 0 Å². The molecule has 0 saturated heterocycles. The fourth-order valence-electron chi connectivity index (χ4n) is 1.52. The number of rotatable bonds is 4. The van der Waals surface area contributed by atoms with Gasteiger partial charge >= 0.3 is 0 Å². The Labute approximate surface area is 96.0 Å². The van der Waals surface area contributed by atoms with Gasteiger partial charge in [-0.1, -0.05) is 0 Å². The predicted octanol–water partition coefficient (Wildman–Crippen LogP) is 1.03. The summed E-state index contributed by atoms with van der Waals surface area (Å²) in [5.74, 6) is 2.45. The summed E-state index contributed by atoms with van der Waals surface area (Å²) in [6.07, 6.45) is 5.71. The van der Waals surface area contributed by atoms with Gasteiger partial charge in [-0.05, 0) is 26.8 Å². The first kappa shape index (κ1) is 12.3. The van der Waals surface area contributed by atoms with Crippen molar-refractivity contribution in [2.45, 2.75) is 39.8 Å². The van der Waals surface area contributed by atoms with Gasteiger partial charge in [0.05, 0.1) is 5.69 Å². The molecule has 0 radical (unpaired) electrons. The first-order valence-corrected chi connectivity index (χ1v) is 5.26. The molecule has 4 heteroatoms. The molecule has 1 N–H and O–H groups in total. The van der Waals surface area contributed by atoms with E-state index in [4.69, 9.17) is 6.42 Å². The van der Waals surface area contributed by atoms with Crippen LogP contribution < -0.4 is 5.32 Å². The maximum atomic E-state index is 11.6. The number of carbonyl (C=O) groups is 1. The fourth-order valence-corrected chi connectivity index (χ4v) is 1.52. The third kappa shape index (κ3) is 3.43. The van der Waals surface area contributed by atoms with Gasteiger partial charge in [0.1, 0.15) is 6.54 Å². The van der Waals surface area contributed by atoms with Crippen LogP contribution in [0.1, 0.15) is 24.7 Å². The van der Waals surface area contributed by atoms with Gasteiger partial charge in [0.15, 0.2) is 0 Å². The lowest BCUT2D eigenvalue weighted by molar-refractivity contribution is -0.122. The van der Waals surface area contributed by atoms with Crippen molar-refractivity contribution in [1.82, 2.24) is 15.1 Å². The molecule has 1 aromatic rings. The predicted molar refractivity (Wildman–Crippen MR) is 62.8 cm³/mol. The molecule has 86 valence electrons. The van der Waals surface area contributed by atoms with E-state index in [1.807, 2.05) is 26.8 Å². The Balaban J connectivity index is 2.52. The van der Waals surface area contributed by atoms with Gasteiger partial charge < -0.3 is 5.32 Å². The minimum absolute atomic E-state index is 0.00876. The van der Waals surface area contributed by atoms with Crippen molar-refractivity contribution >= 4 is 5.91 Å². The first-order chi connectivity index (χ1) is 7.52. The molecule has 0 aliphatic rings. The van der Waals surface area contributed by atoms with Gasteiger partial charge in [-0.3, -0.25) is 9.48 Å². The number of nitrogens with one attached hydrogen (secondary N) is 1. The topological polar surface area (TPSA) is 46.9 Å². The molecule has 0 spiro atoms. The second-order valence-electron chi connectivity index (χ2n) is 3.96. The maximum absolute atomic E-state index is 11.6. The Morgan fingerprint density at radius 3 is 2.88 bits per heavy atom. The number of carbonyl (C=O) groups excluding carboxylic acids is 1. The highest BCUT2D eigenvalue weighted by Crippen LogP contribution is 2.01. The minimum atomic E-state index is -0.0612. The van der Waals surface area contributed by atoms with E-state index >= 15 is 0 Å². The minimum Gasteiger partial charge on any atom is -0.351 e. The van der Waals surface area contributed by atoms with E-state index in [0.717, 1.165) is 11.4 Å². The van der Waals surface area contributed by atoms with Crippen LogP contribution in [-0.4, -0.2) is 21.7 Å². The number of aromatic nitrogens is 2. The molecule has 1 atom stereocenters. The van der Waals surface area contributed by atoms with E-state index in [0.29, 0.717) is 6.42 Å². The van der Waals surface area contributed by atoms with E-state index in [2.05, 4.69) is 16.3 Å². The normalized spacial score (nSPS) is 11.9. The Hall–Kier alpha value is -1.76. The highest BCUT2D eigenvalue weighted by molar-refractivity contribution is 5.76. The highest BCUT2D eigenvalue weighted by Gasteiger charge is 2.09. The standard InChI is InChI=1S/C12H17N3O/c1-5-6-9(2)13-12(16)8-15-11(4)7-10(3)14-15/h1,7,9H,6,8H2,2-4H3,(H,13,16). The van der Waals surface area contributed by atoms with Crippen LogP contribution in [0.2, 0.25) is 0 Å². The number of hydrogen-bond donors (Lipinski definition) is 1. The molecule has 1 amide bonds. The Morgan fingerprint density at radius 2 is 2.38 bits per heavy atom. The monoisotopic (exact) mass is 219 g/mol. The van der Waals surface area contributed by atoms with Gasteiger partial charge in [-0.15, -0.1) is 12.3 Å². The molecule has 4 nitrogen and oxygen atoms in total. The third-order valence-electron chi connectivity index (χ3n) is 2.23. The van der Waals surface area contributed by atoms with Gasteiger partial charge in [-0.25, -0.2) is 0 Å². The number of aryl methyl sites for hydroxylation is 2. The van der Waals surface area contributed by atoms with Crippen LogP contribution >= 0.6 is 0 Å². The van der Waals surface area contributed by atoms with Crippen molar-refractivity contribution in [3.05, 3.63) is 17.5 Å². The lowest BCUT2D eigenvalue weighted by atomic mass is 10.2. The SMILES string of the molecule is C#CCC(C)NC(=O)Cn1nc(C)cc1C. The number of amides is 1. The van der Waals surface area contributed by atoms with Crippen LogP contribution in [0, 0.1) is 26.2 Å².